The molecule has 0 saturated heterocycles. The van der Waals surface area contributed by atoms with Gasteiger partial charge in [-0.15, -0.1) is 0 Å². The molecule has 1 atom stereocenters. The summed E-state index contributed by atoms with van der Waals surface area (Å²) in [5.41, 5.74) is 4.21. The minimum atomic E-state index is -0.328. The highest BCUT2D eigenvalue weighted by Crippen LogP contribution is 2.29. The summed E-state index contributed by atoms with van der Waals surface area (Å²) in [5, 5.41) is 27.6. The number of hydrogen-bond acceptors (Lipinski definition) is 5. The van der Waals surface area contributed by atoms with E-state index in [1.165, 1.54) is 11.3 Å². The van der Waals surface area contributed by atoms with Crippen molar-refractivity contribution in [2.24, 2.45) is 5.41 Å². The number of nitrogens with one attached hydrogen (secondary N) is 3. The first-order valence-electron chi connectivity index (χ1n) is 9.72. The summed E-state index contributed by atoms with van der Waals surface area (Å²) >= 11 is 0. The average Bonchev–Trinajstić information content (AvgIpc) is 3.42. The molecule has 1 unspecified atom stereocenters. The molecule has 28 heavy (non-hydrogen) atoms. The van der Waals surface area contributed by atoms with E-state index in [0.717, 1.165) is 42.7 Å². The summed E-state index contributed by atoms with van der Waals surface area (Å²) in [6, 6.07) is 3.82. The van der Waals surface area contributed by atoms with Crippen molar-refractivity contribution in [2.75, 3.05) is 18.5 Å². The van der Waals surface area contributed by atoms with Crippen LogP contribution >= 0.6 is 0 Å². The Morgan fingerprint density at radius 2 is 2.29 bits per heavy atom. The van der Waals surface area contributed by atoms with Gasteiger partial charge in [0.1, 0.15) is 0 Å². The maximum absolute atomic E-state index is 12.7. The number of carbonyl (C=O) groups excluding carboxylic acids is 1. The highest BCUT2D eigenvalue weighted by molar-refractivity contribution is 6.01. The number of aliphatic hydroxyl groups excluding tert-OH is 1. The zero-order chi connectivity index (χ0) is 19.7. The molecule has 3 heterocycles. The topological polar surface area (TPSA) is 107 Å². The monoisotopic (exact) mass is 382 g/mol. The maximum atomic E-state index is 12.7. The van der Waals surface area contributed by atoms with Crippen LogP contribution in [0.2, 0.25) is 0 Å². The van der Waals surface area contributed by atoms with Crippen molar-refractivity contribution in [1.82, 2.24) is 25.1 Å². The summed E-state index contributed by atoms with van der Waals surface area (Å²) < 4.78 is 1.68. The van der Waals surface area contributed by atoms with E-state index in [2.05, 4.69) is 25.9 Å². The fourth-order valence-corrected chi connectivity index (χ4v) is 3.47. The van der Waals surface area contributed by atoms with E-state index < -0.39 is 0 Å². The van der Waals surface area contributed by atoms with Crippen LogP contribution in [0.4, 0.5) is 11.5 Å². The van der Waals surface area contributed by atoms with Gasteiger partial charge in [-0.2, -0.15) is 10.2 Å². The molecule has 0 saturated carbocycles. The number of pyridine rings is 1. The molecule has 3 aromatic heterocycles. The van der Waals surface area contributed by atoms with Crippen LogP contribution in [-0.4, -0.2) is 44.0 Å². The minimum Gasteiger partial charge on any atom is -0.396 e. The summed E-state index contributed by atoms with van der Waals surface area (Å²) in [4.78, 5) is 12.7. The largest absolute Gasteiger partial charge is 0.396 e. The number of carbonyl (C=O) groups is 1. The molecule has 1 aliphatic rings. The van der Waals surface area contributed by atoms with Gasteiger partial charge in [-0.3, -0.25) is 9.89 Å². The molecule has 0 spiro atoms. The Kier molecular flexibility index (Phi) is 4.80. The summed E-state index contributed by atoms with van der Waals surface area (Å²) in [5.74, 6) is 0.657. The molecular formula is C20H26N6O2. The first-order valence-corrected chi connectivity index (χ1v) is 9.72. The van der Waals surface area contributed by atoms with Crippen LogP contribution in [-0.2, 0) is 12.8 Å². The van der Waals surface area contributed by atoms with Gasteiger partial charge in [0.15, 0.2) is 5.82 Å². The molecule has 148 valence electrons. The lowest BCUT2D eigenvalue weighted by atomic mass is 9.88. The minimum absolute atomic E-state index is 0.0284. The van der Waals surface area contributed by atoms with Gasteiger partial charge in [0, 0.05) is 35.1 Å². The third-order valence-corrected chi connectivity index (χ3v) is 5.75. The second kappa shape index (κ2) is 7.27. The fraction of sp³-hybridized carbons (Fsp3) is 0.450. The van der Waals surface area contributed by atoms with Crippen LogP contribution in [0.15, 0.2) is 24.5 Å². The van der Waals surface area contributed by atoms with Gasteiger partial charge in [-0.1, -0.05) is 13.8 Å². The normalized spacial score (nSPS) is 15.4. The van der Waals surface area contributed by atoms with E-state index in [4.69, 9.17) is 0 Å². The molecule has 0 aliphatic heterocycles. The Morgan fingerprint density at radius 1 is 1.43 bits per heavy atom. The van der Waals surface area contributed by atoms with Crippen molar-refractivity contribution >= 4 is 22.9 Å². The number of aromatic amines is 1. The van der Waals surface area contributed by atoms with Crippen LogP contribution in [0.1, 0.15) is 48.3 Å². The molecule has 0 aromatic carbocycles. The van der Waals surface area contributed by atoms with Crippen molar-refractivity contribution < 1.29 is 9.90 Å². The number of amides is 1. The Labute approximate surface area is 163 Å². The van der Waals surface area contributed by atoms with E-state index in [1.54, 1.807) is 10.7 Å². The molecule has 8 nitrogen and oxygen atoms in total. The van der Waals surface area contributed by atoms with Crippen LogP contribution in [0.5, 0.6) is 0 Å². The second-order valence-corrected chi connectivity index (χ2v) is 7.82. The molecule has 0 bridgehead atoms. The molecule has 1 aliphatic carbocycles. The molecule has 1 amide bonds. The first-order chi connectivity index (χ1) is 13.5. The van der Waals surface area contributed by atoms with Crippen LogP contribution in [0, 0.1) is 5.41 Å². The highest BCUT2D eigenvalue weighted by atomic mass is 16.3. The van der Waals surface area contributed by atoms with Gasteiger partial charge in [-0.05, 0) is 37.8 Å². The van der Waals surface area contributed by atoms with E-state index in [1.807, 2.05) is 32.2 Å². The zero-order valence-electron chi connectivity index (χ0n) is 16.2. The van der Waals surface area contributed by atoms with Gasteiger partial charge in [0.25, 0.3) is 5.91 Å². The molecule has 3 aromatic rings. The number of aromatic nitrogens is 4. The molecular weight excluding hydrogens is 356 g/mol. The average molecular weight is 382 g/mol. The lowest BCUT2D eigenvalue weighted by molar-refractivity contribution is 0.0892. The second-order valence-electron chi connectivity index (χ2n) is 7.82. The quantitative estimate of drug-likeness (QED) is 0.502. The third-order valence-electron chi connectivity index (χ3n) is 5.75. The lowest BCUT2D eigenvalue weighted by Crippen LogP contribution is -2.37. The molecule has 4 N–H and O–H groups in total. The van der Waals surface area contributed by atoms with E-state index in [0.29, 0.717) is 12.1 Å². The molecule has 0 radical (unpaired) electrons. The predicted octanol–water partition coefficient (Wildman–Crippen LogP) is 2.43. The first kappa shape index (κ1) is 18.5. The number of H-pyrrole nitrogens is 1. The third kappa shape index (κ3) is 3.35. The van der Waals surface area contributed by atoms with Crippen molar-refractivity contribution in [3.63, 3.8) is 0 Å². The summed E-state index contributed by atoms with van der Waals surface area (Å²) in [7, 11) is 0. The molecule has 4 rings (SSSR count). The van der Waals surface area contributed by atoms with E-state index in [-0.39, 0.29) is 17.9 Å². The van der Waals surface area contributed by atoms with Crippen molar-refractivity contribution in [3.05, 3.63) is 41.3 Å². The Balaban J connectivity index is 1.55. The van der Waals surface area contributed by atoms with E-state index >= 15 is 0 Å². The van der Waals surface area contributed by atoms with Crippen molar-refractivity contribution in [2.45, 2.75) is 39.5 Å². The molecule has 8 heteroatoms. The number of aryl methyl sites for hydroxylation is 1. The Bertz CT molecular complexity index is 1000. The number of anilines is 2. The lowest BCUT2D eigenvalue weighted by Gasteiger charge is -2.25. The van der Waals surface area contributed by atoms with Gasteiger partial charge in [0.2, 0.25) is 0 Å². The van der Waals surface area contributed by atoms with E-state index in [9.17, 15) is 9.90 Å². The predicted molar refractivity (Wildman–Crippen MR) is 107 cm³/mol. The Hall–Kier alpha value is -2.87. The number of fused-ring (bicyclic) bond motifs is 2. The standard InChI is InChI=1S/C20H26N6O2/c1-3-20(2,12-27)11-21-19(28)15-10-22-26-8-7-13(9-17(15)26)23-18-14-5-4-6-16(14)24-25-18/h7-10,27H,3-6,11-12H2,1-2H3,(H,21,28)(H2,23,24,25). The maximum Gasteiger partial charge on any atom is 0.255 e. The molecule has 0 fully saturated rings. The Morgan fingerprint density at radius 3 is 3.07 bits per heavy atom. The SMILES string of the molecule is CCC(C)(CO)CNC(=O)c1cnn2ccc(Nc3n[nH]c4c3CCC4)cc12. The van der Waals surface area contributed by atoms with Crippen LogP contribution in [0.3, 0.4) is 0 Å². The number of rotatable bonds is 7. The summed E-state index contributed by atoms with van der Waals surface area (Å²) in [6.07, 6.45) is 7.39. The number of nitrogens with zero attached hydrogens (tertiary/aromatic N) is 3. The highest BCUT2D eigenvalue weighted by Gasteiger charge is 2.23. The van der Waals surface area contributed by atoms with Gasteiger partial charge in [-0.25, -0.2) is 4.52 Å². The van der Waals surface area contributed by atoms with Crippen molar-refractivity contribution in [1.29, 1.82) is 0 Å². The number of hydrogen-bond donors (Lipinski definition) is 4. The summed E-state index contributed by atoms with van der Waals surface area (Å²) in [6.45, 7) is 4.39. The van der Waals surface area contributed by atoms with Gasteiger partial charge < -0.3 is 15.7 Å². The zero-order valence-corrected chi connectivity index (χ0v) is 16.2. The van der Waals surface area contributed by atoms with Gasteiger partial charge >= 0.3 is 0 Å². The fourth-order valence-electron chi connectivity index (χ4n) is 3.47. The van der Waals surface area contributed by atoms with Crippen LogP contribution in [0.25, 0.3) is 5.52 Å². The smallest absolute Gasteiger partial charge is 0.255 e. The number of aliphatic hydroxyl groups is 1. The van der Waals surface area contributed by atoms with Gasteiger partial charge in [0.05, 0.1) is 23.9 Å². The van der Waals surface area contributed by atoms with Crippen LogP contribution < -0.4 is 10.6 Å². The van der Waals surface area contributed by atoms with Crippen molar-refractivity contribution in [3.8, 4) is 0 Å².